The maximum atomic E-state index is 5.53. The first-order valence-corrected chi connectivity index (χ1v) is 20.7. The summed E-state index contributed by atoms with van der Waals surface area (Å²) in [7, 11) is 0. The Bertz CT molecular complexity index is 3470. The lowest BCUT2D eigenvalue weighted by molar-refractivity contribution is 0.660. The third-order valence-corrected chi connectivity index (χ3v) is 12.8. The van der Waals surface area contributed by atoms with Crippen molar-refractivity contribution in [2.24, 2.45) is 0 Å². The average Bonchev–Trinajstić information content (AvgIpc) is 3.77. The Kier molecular flexibility index (Phi) is 7.58. The normalized spacial score (nSPS) is 13.0. The van der Waals surface area contributed by atoms with Crippen LogP contribution in [0.5, 0.6) is 0 Å². The zero-order valence-electron chi connectivity index (χ0n) is 33.4. The fourth-order valence-corrected chi connectivity index (χ4v) is 9.86. The second kappa shape index (κ2) is 13.2. The molecular formula is C57H39N3. The number of hydrogen-bond donors (Lipinski definition) is 0. The summed E-state index contributed by atoms with van der Waals surface area (Å²) in [5.74, 6) is 0.682. The highest BCUT2D eigenvalue weighted by Crippen LogP contribution is 2.50. The molecule has 2 aromatic heterocycles. The SMILES string of the molecule is CC1(C)c2ccccc2-c2ccc(-c3cc(-c4nc(-c5ccccc5)cc(-c5cc6ccccc6c6ccccc56)n4)cc(-n4c5ccccc5c5ccccc54)c3)cc21. The van der Waals surface area contributed by atoms with Crippen LogP contribution in [0, 0.1) is 0 Å². The first-order valence-electron chi connectivity index (χ1n) is 20.7. The molecule has 0 radical (unpaired) electrons. The number of nitrogens with zero attached hydrogens (tertiary/aromatic N) is 3. The summed E-state index contributed by atoms with van der Waals surface area (Å²) >= 11 is 0. The van der Waals surface area contributed by atoms with Gasteiger partial charge in [0.15, 0.2) is 5.82 Å². The Morgan fingerprint density at radius 2 is 0.967 bits per heavy atom. The summed E-state index contributed by atoms with van der Waals surface area (Å²) in [5.41, 5.74) is 15.8. The molecule has 0 aliphatic heterocycles. The van der Waals surface area contributed by atoms with Crippen LogP contribution in [0.2, 0.25) is 0 Å². The molecule has 0 saturated heterocycles. The fraction of sp³-hybridized carbons (Fsp3) is 0.0526. The van der Waals surface area contributed by atoms with Gasteiger partial charge in [-0.15, -0.1) is 0 Å². The van der Waals surface area contributed by atoms with E-state index in [9.17, 15) is 0 Å². The van der Waals surface area contributed by atoms with Gasteiger partial charge in [-0.3, -0.25) is 0 Å². The van der Waals surface area contributed by atoms with E-state index in [0.29, 0.717) is 5.82 Å². The van der Waals surface area contributed by atoms with Gasteiger partial charge in [0, 0.05) is 38.6 Å². The first-order chi connectivity index (χ1) is 29.5. The van der Waals surface area contributed by atoms with E-state index in [4.69, 9.17) is 9.97 Å². The van der Waals surface area contributed by atoms with Crippen LogP contribution in [0.1, 0.15) is 25.0 Å². The highest BCUT2D eigenvalue weighted by Gasteiger charge is 2.35. The molecule has 0 saturated carbocycles. The lowest BCUT2D eigenvalue weighted by Crippen LogP contribution is -2.14. The topological polar surface area (TPSA) is 30.7 Å². The van der Waals surface area contributed by atoms with Gasteiger partial charge in [0.1, 0.15) is 0 Å². The van der Waals surface area contributed by atoms with Crippen molar-refractivity contribution in [3.63, 3.8) is 0 Å². The molecule has 1 aliphatic carbocycles. The molecule has 282 valence electrons. The van der Waals surface area contributed by atoms with Crippen molar-refractivity contribution in [2.45, 2.75) is 19.3 Å². The number of fused-ring (bicyclic) bond motifs is 9. The van der Waals surface area contributed by atoms with E-state index in [1.807, 2.05) is 0 Å². The molecular weight excluding hydrogens is 727 g/mol. The number of aromatic nitrogens is 3. The van der Waals surface area contributed by atoms with Crippen molar-refractivity contribution in [1.29, 1.82) is 0 Å². The van der Waals surface area contributed by atoms with Crippen molar-refractivity contribution in [3.8, 4) is 61.8 Å². The number of benzene rings is 9. The van der Waals surface area contributed by atoms with Crippen molar-refractivity contribution in [1.82, 2.24) is 14.5 Å². The maximum Gasteiger partial charge on any atom is 0.160 e. The number of rotatable bonds is 5. The van der Waals surface area contributed by atoms with Gasteiger partial charge < -0.3 is 4.57 Å². The van der Waals surface area contributed by atoms with Gasteiger partial charge in [0.05, 0.1) is 22.4 Å². The van der Waals surface area contributed by atoms with Crippen LogP contribution >= 0.6 is 0 Å². The summed E-state index contributed by atoms with van der Waals surface area (Å²) in [6.45, 7) is 4.70. The van der Waals surface area contributed by atoms with Gasteiger partial charge >= 0.3 is 0 Å². The van der Waals surface area contributed by atoms with Gasteiger partial charge in [-0.25, -0.2) is 9.97 Å². The molecule has 0 spiro atoms. The Morgan fingerprint density at radius 1 is 0.367 bits per heavy atom. The molecule has 0 N–H and O–H groups in total. The van der Waals surface area contributed by atoms with Gasteiger partial charge in [-0.1, -0.05) is 166 Å². The highest BCUT2D eigenvalue weighted by atomic mass is 15.0. The van der Waals surface area contributed by atoms with E-state index in [1.165, 1.54) is 60.1 Å². The number of hydrogen-bond acceptors (Lipinski definition) is 2. The van der Waals surface area contributed by atoms with E-state index < -0.39 is 0 Å². The minimum atomic E-state index is -0.125. The quantitative estimate of drug-likeness (QED) is 0.163. The summed E-state index contributed by atoms with van der Waals surface area (Å²) in [6, 6.07) is 72.5. The van der Waals surface area contributed by atoms with Crippen LogP contribution < -0.4 is 0 Å². The molecule has 3 nitrogen and oxygen atoms in total. The summed E-state index contributed by atoms with van der Waals surface area (Å²) in [6.07, 6.45) is 0. The Morgan fingerprint density at radius 3 is 1.75 bits per heavy atom. The summed E-state index contributed by atoms with van der Waals surface area (Å²) in [4.78, 5) is 10.9. The molecule has 11 aromatic rings. The second-order valence-corrected chi connectivity index (χ2v) is 16.6. The predicted octanol–water partition coefficient (Wildman–Crippen LogP) is 14.9. The van der Waals surface area contributed by atoms with Crippen LogP contribution in [-0.4, -0.2) is 14.5 Å². The van der Waals surface area contributed by atoms with E-state index in [0.717, 1.165) is 50.4 Å². The van der Waals surface area contributed by atoms with E-state index in [-0.39, 0.29) is 5.41 Å². The maximum absolute atomic E-state index is 5.53. The summed E-state index contributed by atoms with van der Waals surface area (Å²) in [5, 5.41) is 7.25. The van der Waals surface area contributed by atoms with Crippen LogP contribution in [0.3, 0.4) is 0 Å². The lowest BCUT2D eigenvalue weighted by Gasteiger charge is -2.22. The largest absolute Gasteiger partial charge is 0.309 e. The molecule has 0 amide bonds. The van der Waals surface area contributed by atoms with Gasteiger partial charge in [-0.05, 0) is 103 Å². The Balaban J connectivity index is 1.14. The number of para-hydroxylation sites is 2. The van der Waals surface area contributed by atoms with Crippen LogP contribution in [0.15, 0.2) is 200 Å². The highest BCUT2D eigenvalue weighted by molar-refractivity contribution is 6.14. The van der Waals surface area contributed by atoms with Gasteiger partial charge in [-0.2, -0.15) is 0 Å². The van der Waals surface area contributed by atoms with E-state index in [2.05, 4.69) is 219 Å². The molecule has 9 aromatic carbocycles. The van der Waals surface area contributed by atoms with Crippen LogP contribution in [0.4, 0.5) is 0 Å². The van der Waals surface area contributed by atoms with Crippen molar-refractivity contribution in [3.05, 3.63) is 211 Å². The molecule has 3 heteroatoms. The van der Waals surface area contributed by atoms with Crippen molar-refractivity contribution < 1.29 is 0 Å². The van der Waals surface area contributed by atoms with Crippen LogP contribution in [-0.2, 0) is 5.41 Å². The fourth-order valence-electron chi connectivity index (χ4n) is 9.86. The van der Waals surface area contributed by atoms with E-state index >= 15 is 0 Å². The van der Waals surface area contributed by atoms with Crippen molar-refractivity contribution in [2.75, 3.05) is 0 Å². The van der Waals surface area contributed by atoms with Gasteiger partial charge in [0.25, 0.3) is 0 Å². The lowest BCUT2D eigenvalue weighted by atomic mass is 9.81. The third kappa shape index (κ3) is 5.29. The monoisotopic (exact) mass is 765 g/mol. The molecule has 0 bridgehead atoms. The van der Waals surface area contributed by atoms with Crippen LogP contribution in [0.25, 0.3) is 105 Å². The predicted molar refractivity (Wildman–Crippen MR) is 251 cm³/mol. The summed E-state index contributed by atoms with van der Waals surface area (Å²) < 4.78 is 2.41. The molecule has 12 rings (SSSR count). The zero-order valence-corrected chi connectivity index (χ0v) is 33.4. The average molecular weight is 766 g/mol. The first kappa shape index (κ1) is 34.4. The molecule has 1 aliphatic rings. The van der Waals surface area contributed by atoms with Gasteiger partial charge in [0.2, 0.25) is 0 Å². The molecule has 0 unspecified atom stereocenters. The zero-order chi connectivity index (χ0) is 40.0. The third-order valence-electron chi connectivity index (χ3n) is 12.8. The minimum absolute atomic E-state index is 0.125. The minimum Gasteiger partial charge on any atom is -0.309 e. The Labute approximate surface area is 348 Å². The molecule has 60 heavy (non-hydrogen) atoms. The molecule has 0 fully saturated rings. The Hall–Kier alpha value is -7.62. The molecule has 0 atom stereocenters. The smallest absolute Gasteiger partial charge is 0.160 e. The van der Waals surface area contributed by atoms with E-state index in [1.54, 1.807) is 0 Å². The van der Waals surface area contributed by atoms with Crippen molar-refractivity contribution >= 4 is 43.4 Å². The molecule has 2 heterocycles. The second-order valence-electron chi connectivity index (χ2n) is 16.6. The standard InChI is InChI=1S/C57H39N3/c1-57(2)50-25-13-10-22-45(50)46-29-28-37(34-51(46)57)39-30-40(32-41(31-39)60-54-26-14-11-23-47(54)48-24-12-15-27-55(48)60)56-58-52(36-16-4-3-5-17-36)35-53(59-56)49-33-38-18-6-7-19-42(38)43-20-8-9-21-44(43)49/h3-35H,1-2H3.